The monoisotopic (exact) mass is 332 g/mol. The molecule has 0 unspecified atom stereocenters. The molecule has 2 aromatic rings. The maximum Gasteiger partial charge on any atom is 0.273 e. The summed E-state index contributed by atoms with van der Waals surface area (Å²) in [6, 6.07) is 7.73. The van der Waals surface area contributed by atoms with Crippen LogP contribution >= 0.6 is 11.8 Å². The summed E-state index contributed by atoms with van der Waals surface area (Å²) in [4.78, 5) is 24.9. The van der Waals surface area contributed by atoms with Gasteiger partial charge in [0, 0.05) is 4.90 Å². The fraction of sp³-hybridized carbons (Fsp3) is 0.294. The van der Waals surface area contributed by atoms with E-state index in [0.29, 0.717) is 17.1 Å². The molecule has 0 spiro atoms. The highest BCUT2D eigenvalue weighted by Gasteiger charge is 2.14. The molecule has 0 radical (unpaired) electrons. The summed E-state index contributed by atoms with van der Waals surface area (Å²) in [7, 11) is 0. The molecule has 0 aliphatic heterocycles. The average Bonchev–Trinajstić information content (AvgIpc) is 2.82. The second-order valence-corrected chi connectivity index (χ2v) is 6.40. The standard InChI is InChI=1S/C17H20N2O3S/c1-10-5-6-15(11(2)7-10)23-9-16(20)18-19-17(21)14-8-12(3)22-13(14)4/h5-8H,9H2,1-4H3,(H,18,20)(H,19,21). The topological polar surface area (TPSA) is 71.3 Å². The van der Waals surface area contributed by atoms with Gasteiger partial charge in [-0.15, -0.1) is 11.8 Å². The van der Waals surface area contributed by atoms with Crippen molar-refractivity contribution in [2.45, 2.75) is 32.6 Å². The first-order chi connectivity index (χ1) is 10.9. The molecule has 1 heterocycles. The highest BCUT2D eigenvalue weighted by molar-refractivity contribution is 8.00. The Labute approximate surface area is 139 Å². The van der Waals surface area contributed by atoms with Gasteiger partial charge in [0.05, 0.1) is 11.3 Å². The zero-order chi connectivity index (χ0) is 17.0. The van der Waals surface area contributed by atoms with E-state index in [1.54, 1.807) is 19.9 Å². The molecule has 0 saturated carbocycles. The van der Waals surface area contributed by atoms with E-state index in [-0.39, 0.29) is 17.6 Å². The van der Waals surface area contributed by atoms with Crippen molar-refractivity contribution in [3.63, 3.8) is 0 Å². The van der Waals surface area contributed by atoms with Crippen LogP contribution in [-0.4, -0.2) is 17.6 Å². The van der Waals surface area contributed by atoms with Gasteiger partial charge in [0.25, 0.3) is 5.91 Å². The zero-order valence-electron chi connectivity index (χ0n) is 13.6. The van der Waals surface area contributed by atoms with E-state index in [4.69, 9.17) is 4.42 Å². The second-order valence-electron chi connectivity index (χ2n) is 5.39. The van der Waals surface area contributed by atoms with Gasteiger partial charge >= 0.3 is 0 Å². The molecule has 6 heteroatoms. The minimum atomic E-state index is -0.385. The van der Waals surface area contributed by atoms with E-state index < -0.39 is 0 Å². The minimum Gasteiger partial charge on any atom is -0.466 e. The average molecular weight is 332 g/mol. The largest absolute Gasteiger partial charge is 0.466 e. The van der Waals surface area contributed by atoms with Crippen molar-refractivity contribution in [1.82, 2.24) is 10.9 Å². The van der Waals surface area contributed by atoms with Crippen molar-refractivity contribution >= 4 is 23.6 Å². The maximum absolute atomic E-state index is 12.0. The van der Waals surface area contributed by atoms with Crippen LogP contribution in [0.5, 0.6) is 0 Å². The van der Waals surface area contributed by atoms with Crippen molar-refractivity contribution in [2.24, 2.45) is 0 Å². The van der Waals surface area contributed by atoms with Crippen molar-refractivity contribution in [1.29, 1.82) is 0 Å². The predicted molar refractivity (Wildman–Crippen MR) is 90.4 cm³/mol. The summed E-state index contributed by atoms with van der Waals surface area (Å²) in [5.41, 5.74) is 7.56. The molecule has 2 N–H and O–H groups in total. The number of hydrogen-bond donors (Lipinski definition) is 2. The Kier molecular flexibility index (Phi) is 5.50. The molecule has 122 valence electrons. The molecule has 0 saturated heterocycles. The molecule has 1 aromatic heterocycles. The lowest BCUT2D eigenvalue weighted by molar-refractivity contribution is -0.119. The number of amides is 2. The van der Waals surface area contributed by atoms with E-state index in [9.17, 15) is 9.59 Å². The van der Waals surface area contributed by atoms with Gasteiger partial charge in [0.15, 0.2) is 0 Å². The molecule has 2 amide bonds. The van der Waals surface area contributed by atoms with Gasteiger partial charge in [-0.3, -0.25) is 20.4 Å². The molecule has 0 fully saturated rings. The minimum absolute atomic E-state index is 0.230. The van der Waals surface area contributed by atoms with Gasteiger partial charge < -0.3 is 4.42 Å². The normalized spacial score (nSPS) is 10.4. The first kappa shape index (κ1) is 17.1. The molecule has 0 bridgehead atoms. The zero-order valence-corrected chi connectivity index (χ0v) is 14.5. The van der Waals surface area contributed by atoms with Crippen LogP contribution in [0, 0.1) is 27.7 Å². The number of carbonyl (C=O) groups excluding carboxylic acids is 2. The molecule has 1 aromatic carbocycles. The summed E-state index contributed by atoms with van der Waals surface area (Å²) < 4.78 is 5.29. The summed E-state index contributed by atoms with van der Waals surface area (Å²) in [6.07, 6.45) is 0. The predicted octanol–water partition coefficient (Wildman–Crippen LogP) is 3.07. The molecule has 0 atom stereocenters. The number of rotatable bonds is 4. The Bertz CT molecular complexity index is 737. The van der Waals surface area contributed by atoms with Crippen molar-refractivity contribution < 1.29 is 14.0 Å². The Morgan fingerprint density at radius 1 is 1.09 bits per heavy atom. The molecule has 23 heavy (non-hydrogen) atoms. The van der Waals surface area contributed by atoms with E-state index >= 15 is 0 Å². The van der Waals surface area contributed by atoms with Crippen molar-refractivity contribution in [3.8, 4) is 0 Å². The van der Waals surface area contributed by atoms with Crippen LogP contribution in [-0.2, 0) is 4.79 Å². The highest BCUT2D eigenvalue weighted by Crippen LogP contribution is 2.22. The van der Waals surface area contributed by atoms with Crippen LogP contribution in [0.25, 0.3) is 0 Å². The number of benzene rings is 1. The first-order valence-corrected chi connectivity index (χ1v) is 8.21. The van der Waals surface area contributed by atoms with Crippen LogP contribution in [0.15, 0.2) is 33.6 Å². The second kappa shape index (κ2) is 7.37. The number of carbonyl (C=O) groups is 2. The third-order valence-corrected chi connectivity index (χ3v) is 4.47. The SMILES string of the molecule is Cc1ccc(SCC(=O)NNC(=O)c2cc(C)oc2C)c(C)c1. The summed E-state index contributed by atoms with van der Waals surface area (Å²) in [5.74, 6) is 0.766. The molecule has 0 aliphatic carbocycles. The summed E-state index contributed by atoms with van der Waals surface area (Å²) in [5, 5.41) is 0. The van der Waals surface area contributed by atoms with Crippen LogP contribution < -0.4 is 10.9 Å². The third-order valence-electron chi connectivity index (χ3n) is 3.29. The van der Waals surface area contributed by atoms with Gasteiger partial charge in [-0.2, -0.15) is 0 Å². The van der Waals surface area contributed by atoms with Crippen LogP contribution in [0.3, 0.4) is 0 Å². The fourth-order valence-electron chi connectivity index (χ4n) is 2.19. The maximum atomic E-state index is 12.0. The Balaban J connectivity index is 1.83. The van der Waals surface area contributed by atoms with Gasteiger partial charge in [-0.25, -0.2) is 0 Å². The number of nitrogens with one attached hydrogen (secondary N) is 2. The summed E-state index contributed by atoms with van der Waals surface area (Å²) >= 11 is 1.44. The lowest BCUT2D eigenvalue weighted by Gasteiger charge is -2.08. The lowest BCUT2D eigenvalue weighted by Crippen LogP contribution is -2.42. The smallest absolute Gasteiger partial charge is 0.273 e. The Morgan fingerprint density at radius 3 is 2.43 bits per heavy atom. The number of hydrogen-bond acceptors (Lipinski definition) is 4. The van der Waals surface area contributed by atoms with Crippen LogP contribution in [0.1, 0.15) is 33.0 Å². The van der Waals surface area contributed by atoms with Crippen molar-refractivity contribution in [2.75, 3.05) is 5.75 Å². The number of thioether (sulfide) groups is 1. The van der Waals surface area contributed by atoms with Crippen molar-refractivity contribution in [3.05, 3.63) is 52.5 Å². The number of aryl methyl sites for hydroxylation is 4. The van der Waals surface area contributed by atoms with Gasteiger partial charge in [0.2, 0.25) is 5.91 Å². The number of furan rings is 1. The van der Waals surface area contributed by atoms with E-state index in [2.05, 4.69) is 16.9 Å². The van der Waals surface area contributed by atoms with E-state index in [0.717, 1.165) is 10.5 Å². The molecule has 2 rings (SSSR count). The molecule has 0 aliphatic rings. The Morgan fingerprint density at radius 2 is 1.83 bits per heavy atom. The molecular weight excluding hydrogens is 312 g/mol. The third kappa shape index (κ3) is 4.63. The van der Waals surface area contributed by atoms with Gasteiger partial charge in [-0.1, -0.05) is 17.7 Å². The molecular formula is C17H20N2O3S. The highest BCUT2D eigenvalue weighted by atomic mass is 32.2. The fourth-order valence-corrected chi connectivity index (χ4v) is 3.00. The van der Waals surface area contributed by atoms with E-state index in [1.807, 2.05) is 26.0 Å². The summed E-state index contributed by atoms with van der Waals surface area (Å²) in [6.45, 7) is 7.52. The Hall–Kier alpha value is -2.21. The molecule has 5 nitrogen and oxygen atoms in total. The van der Waals surface area contributed by atoms with Crippen LogP contribution in [0.4, 0.5) is 0 Å². The number of hydrazine groups is 1. The quantitative estimate of drug-likeness (QED) is 0.667. The van der Waals surface area contributed by atoms with Gasteiger partial charge in [0.1, 0.15) is 11.5 Å². The first-order valence-electron chi connectivity index (χ1n) is 7.23. The van der Waals surface area contributed by atoms with E-state index in [1.165, 1.54) is 17.3 Å². The van der Waals surface area contributed by atoms with Crippen LogP contribution in [0.2, 0.25) is 0 Å². The van der Waals surface area contributed by atoms with Gasteiger partial charge in [-0.05, 0) is 45.4 Å². The lowest BCUT2D eigenvalue weighted by atomic mass is 10.2.